The van der Waals surface area contributed by atoms with Gasteiger partial charge in [-0.15, -0.1) is 37.1 Å². The summed E-state index contributed by atoms with van der Waals surface area (Å²) < 4.78 is 40.4. The fraction of sp³-hybridized carbons (Fsp3) is 0.409. The molecular weight excluding hydrogens is 536 g/mol. The molecule has 1 heterocycles. The van der Waals surface area contributed by atoms with Gasteiger partial charge in [-0.3, -0.25) is 4.90 Å². The minimum atomic E-state index is -4.71. The Hall–Kier alpha value is -2.05. The van der Waals surface area contributed by atoms with Crippen molar-refractivity contribution in [1.29, 1.82) is 0 Å². The van der Waals surface area contributed by atoms with Gasteiger partial charge >= 0.3 is 6.36 Å². The number of halogens is 4. The van der Waals surface area contributed by atoms with Gasteiger partial charge in [0.2, 0.25) is 0 Å². The molecule has 1 aliphatic rings. The molecule has 1 fully saturated rings. The number of nitrogens with zero attached hydrogens (tertiary/aromatic N) is 2. The lowest BCUT2D eigenvalue weighted by Crippen LogP contribution is -2.35. The minimum absolute atomic E-state index is 0. The SMILES string of the molecule is I.NC(=NCc1ccc(OC(F)(F)F)cc1)NCc1ccc(CN2CCC(O)CC2)cc1. The lowest BCUT2D eigenvalue weighted by molar-refractivity contribution is -0.274. The van der Waals surface area contributed by atoms with Crippen LogP contribution < -0.4 is 15.8 Å². The second-order valence-corrected chi connectivity index (χ2v) is 7.57. The number of aliphatic hydroxyl groups excluding tert-OH is 1. The first kappa shape index (κ1) is 26.2. The maximum atomic E-state index is 12.2. The molecule has 0 atom stereocenters. The van der Waals surface area contributed by atoms with Gasteiger partial charge in [-0.25, -0.2) is 4.99 Å². The number of hydrogen-bond donors (Lipinski definition) is 3. The average Bonchev–Trinajstić information content (AvgIpc) is 2.73. The second kappa shape index (κ2) is 12.3. The maximum Gasteiger partial charge on any atom is 0.573 e. The predicted octanol–water partition coefficient (Wildman–Crippen LogP) is 3.76. The van der Waals surface area contributed by atoms with Crippen LogP contribution in [0.2, 0.25) is 0 Å². The predicted molar refractivity (Wildman–Crippen MR) is 128 cm³/mol. The Bertz CT molecular complexity index is 853. The summed E-state index contributed by atoms with van der Waals surface area (Å²) >= 11 is 0. The van der Waals surface area contributed by atoms with Crippen molar-refractivity contribution in [2.45, 2.75) is 44.9 Å². The molecule has 6 nitrogen and oxygen atoms in total. The van der Waals surface area contributed by atoms with Crippen LogP contribution in [0.15, 0.2) is 53.5 Å². The van der Waals surface area contributed by atoms with E-state index in [2.05, 4.69) is 32.1 Å². The number of aliphatic imine (C=N–C) groups is 1. The Kier molecular flexibility index (Phi) is 10.0. The summed E-state index contributed by atoms with van der Waals surface area (Å²) in [6.45, 7) is 3.46. The van der Waals surface area contributed by atoms with E-state index in [1.807, 2.05) is 12.1 Å². The topological polar surface area (TPSA) is 83.1 Å². The van der Waals surface area contributed by atoms with Crippen LogP contribution in [0.1, 0.15) is 29.5 Å². The van der Waals surface area contributed by atoms with Crippen molar-refractivity contribution < 1.29 is 23.0 Å². The van der Waals surface area contributed by atoms with Gasteiger partial charge < -0.3 is 20.9 Å². The van der Waals surface area contributed by atoms with E-state index in [0.717, 1.165) is 38.0 Å². The average molecular weight is 564 g/mol. The summed E-state index contributed by atoms with van der Waals surface area (Å²) in [6, 6.07) is 13.8. The van der Waals surface area contributed by atoms with E-state index in [4.69, 9.17) is 5.73 Å². The Morgan fingerprint density at radius 1 is 1.03 bits per heavy atom. The van der Waals surface area contributed by atoms with Crippen molar-refractivity contribution in [3.05, 3.63) is 65.2 Å². The largest absolute Gasteiger partial charge is 0.573 e. The van der Waals surface area contributed by atoms with E-state index in [1.165, 1.54) is 29.8 Å². The second-order valence-electron chi connectivity index (χ2n) is 7.57. The number of alkyl halides is 3. The van der Waals surface area contributed by atoms with Crippen molar-refractivity contribution in [3.63, 3.8) is 0 Å². The van der Waals surface area contributed by atoms with Gasteiger partial charge in [0.15, 0.2) is 5.96 Å². The van der Waals surface area contributed by atoms with E-state index >= 15 is 0 Å². The number of benzene rings is 2. The zero-order valence-electron chi connectivity index (χ0n) is 17.5. The molecule has 0 bridgehead atoms. The molecule has 0 amide bonds. The number of ether oxygens (including phenoxy) is 1. The summed E-state index contributed by atoms with van der Waals surface area (Å²) in [7, 11) is 0. The van der Waals surface area contributed by atoms with Crippen LogP contribution in [0.25, 0.3) is 0 Å². The van der Waals surface area contributed by atoms with E-state index in [0.29, 0.717) is 12.1 Å². The van der Waals surface area contributed by atoms with Gasteiger partial charge in [0.1, 0.15) is 5.75 Å². The van der Waals surface area contributed by atoms with E-state index < -0.39 is 6.36 Å². The Morgan fingerprint density at radius 3 is 2.19 bits per heavy atom. The Labute approximate surface area is 202 Å². The van der Waals surface area contributed by atoms with Crippen LogP contribution in [0, 0.1) is 0 Å². The Morgan fingerprint density at radius 2 is 1.59 bits per heavy atom. The van der Waals surface area contributed by atoms with Gasteiger partial charge in [-0.1, -0.05) is 36.4 Å². The molecular formula is C22H28F3IN4O2. The van der Waals surface area contributed by atoms with Crippen molar-refractivity contribution in [2.24, 2.45) is 10.7 Å². The first-order valence-corrected chi connectivity index (χ1v) is 10.1. The number of likely N-dealkylation sites (tertiary alicyclic amines) is 1. The summed E-state index contributed by atoms with van der Waals surface area (Å²) in [4.78, 5) is 6.55. The van der Waals surface area contributed by atoms with Crippen molar-refractivity contribution in [2.75, 3.05) is 13.1 Å². The molecule has 3 rings (SSSR count). The molecule has 0 spiro atoms. The lowest BCUT2D eigenvalue weighted by Gasteiger charge is -2.29. The van der Waals surface area contributed by atoms with Crippen molar-refractivity contribution in [3.8, 4) is 5.75 Å². The fourth-order valence-corrected chi connectivity index (χ4v) is 3.32. The number of nitrogens with one attached hydrogen (secondary N) is 1. The quantitative estimate of drug-likeness (QED) is 0.271. The zero-order chi connectivity index (χ0) is 22.3. The van der Waals surface area contributed by atoms with Crippen LogP contribution in [-0.2, 0) is 19.6 Å². The number of hydrogen-bond acceptors (Lipinski definition) is 4. The monoisotopic (exact) mass is 564 g/mol. The molecule has 0 radical (unpaired) electrons. The van der Waals surface area contributed by atoms with E-state index in [1.54, 1.807) is 0 Å². The molecule has 2 aromatic rings. The molecule has 4 N–H and O–H groups in total. The van der Waals surface area contributed by atoms with Crippen LogP contribution in [-0.4, -0.2) is 41.5 Å². The molecule has 0 aliphatic carbocycles. The molecule has 1 aliphatic heterocycles. The Balaban J connectivity index is 0.00000363. The third-order valence-corrected chi connectivity index (χ3v) is 5.05. The van der Waals surface area contributed by atoms with Crippen LogP contribution in [0.5, 0.6) is 5.75 Å². The first-order chi connectivity index (χ1) is 14.8. The van der Waals surface area contributed by atoms with Crippen LogP contribution in [0.4, 0.5) is 13.2 Å². The van der Waals surface area contributed by atoms with E-state index in [9.17, 15) is 18.3 Å². The van der Waals surface area contributed by atoms with Gasteiger partial charge in [0.25, 0.3) is 0 Å². The van der Waals surface area contributed by atoms with Gasteiger partial charge in [-0.05, 0) is 41.7 Å². The number of piperidine rings is 1. The number of nitrogens with two attached hydrogens (primary N) is 1. The summed E-state index contributed by atoms with van der Waals surface area (Å²) in [6.07, 6.45) is -3.22. The molecule has 0 unspecified atom stereocenters. The van der Waals surface area contributed by atoms with Crippen molar-refractivity contribution in [1.82, 2.24) is 10.2 Å². The van der Waals surface area contributed by atoms with Gasteiger partial charge in [0.05, 0.1) is 12.6 Å². The molecule has 32 heavy (non-hydrogen) atoms. The standard InChI is InChI=1S/C22H27F3N4O2.HI/c23-22(24,25)31-20-7-5-17(6-8-20)14-28-21(26)27-13-16-1-3-18(4-2-16)15-29-11-9-19(30)10-12-29;/h1-8,19,30H,9-15H2,(H3,26,27,28);1H. The number of guanidine groups is 1. The summed E-state index contributed by atoms with van der Waals surface area (Å²) in [5.74, 6) is -0.0146. The minimum Gasteiger partial charge on any atom is -0.406 e. The highest BCUT2D eigenvalue weighted by molar-refractivity contribution is 14.0. The molecule has 0 aromatic heterocycles. The highest BCUT2D eigenvalue weighted by Gasteiger charge is 2.30. The van der Waals surface area contributed by atoms with Gasteiger partial charge in [0, 0.05) is 26.2 Å². The third kappa shape index (κ3) is 9.21. The lowest BCUT2D eigenvalue weighted by atomic mass is 10.1. The smallest absolute Gasteiger partial charge is 0.406 e. The maximum absolute atomic E-state index is 12.2. The molecule has 0 saturated carbocycles. The highest BCUT2D eigenvalue weighted by Crippen LogP contribution is 2.22. The highest BCUT2D eigenvalue weighted by atomic mass is 127. The molecule has 1 saturated heterocycles. The zero-order valence-corrected chi connectivity index (χ0v) is 19.8. The van der Waals surface area contributed by atoms with E-state index in [-0.39, 0.29) is 48.3 Å². The normalized spacial score (nSPS) is 15.8. The third-order valence-electron chi connectivity index (χ3n) is 5.05. The van der Waals surface area contributed by atoms with Crippen molar-refractivity contribution >= 4 is 29.9 Å². The summed E-state index contributed by atoms with van der Waals surface area (Å²) in [5.41, 5.74) is 8.88. The van der Waals surface area contributed by atoms with Gasteiger partial charge in [-0.2, -0.15) is 0 Å². The molecule has 10 heteroatoms. The molecule has 176 valence electrons. The van der Waals surface area contributed by atoms with Crippen LogP contribution >= 0.6 is 24.0 Å². The summed E-state index contributed by atoms with van der Waals surface area (Å²) in [5, 5.41) is 12.6. The fourth-order valence-electron chi connectivity index (χ4n) is 3.32. The molecule has 2 aromatic carbocycles. The number of aliphatic hydroxyl groups is 1. The first-order valence-electron chi connectivity index (χ1n) is 10.1. The van der Waals surface area contributed by atoms with Crippen LogP contribution in [0.3, 0.4) is 0 Å². The number of rotatable bonds is 7.